The normalized spacial score (nSPS) is 17.5. The van der Waals surface area contributed by atoms with Gasteiger partial charge in [0.25, 0.3) is 0 Å². The minimum Gasteiger partial charge on any atom is -0.372 e. The minimum atomic E-state index is 0.212. The molecule has 0 amide bonds. The molecule has 0 spiro atoms. The molecule has 0 radical (unpaired) electrons. The van der Waals surface area contributed by atoms with E-state index in [2.05, 4.69) is 44.9 Å². The van der Waals surface area contributed by atoms with E-state index < -0.39 is 0 Å². The van der Waals surface area contributed by atoms with Crippen molar-refractivity contribution in [3.8, 4) is 0 Å². The Kier molecular flexibility index (Phi) is 4.64. The Bertz CT molecular complexity index is 506. The Morgan fingerprint density at radius 1 is 1.05 bits per heavy atom. The highest BCUT2D eigenvalue weighted by atomic mass is 16.1. The number of fused-ring (bicyclic) bond motifs is 1. The van der Waals surface area contributed by atoms with Crippen LogP contribution in [-0.4, -0.2) is 22.8 Å². The van der Waals surface area contributed by atoms with E-state index in [9.17, 15) is 4.79 Å². The fourth-order valence-corrected chi connectivity index (χ4v) is 2.91. The molecule has 0 aliphatic heterocycles. The number of nitrogens with zero attached hydrogens (tertiary/aromatic N) is 1. The average Bonchev–Trinajstić information content (AvgIpc) is 2.56. The van der Waals surface area contributed by atoms with Gasteiger partial charge in [-0.25, -0.2) is 0 Å². The molecule has 2 nitrogen and oxygen atoms in total. The Hall–Kier alpha value is -1.57. The van der Waals surface area contributed by atoms with Crippen LogP contribution in [-0.2, 0) is 6.42 Å². The molecule has 20 heavy (non-hydrogen) atoms. The lowest BCUT2D eigenvalue weighted by Gasteiger charge is -2.30. The van der Waals surface area contributed by atoms with Gasteiger partial charge in [-0.1, -0.05) is 24.3 Å². The van der Waals surface area contributed by atoms with Crippen LogP contribution >= 0.6 is 0 Å². The van der Waals surface area contributed by atoms with E-state index in [4.69, 9.17) is 0 Å². The van der Waals surface area contributed by atoms with Crippen LogP contribution in [0, 0.1) is 0 Å². The smallest absolute Gasteiger partial charge is 0.190 e. The van der Waals surface area contributed by atoms with Gasteiger partial charge in [0.2, 0.25) is 0 Å². The lowest BCUT2D eigenvalue weighted by Crippen LogP contribution is -2.32. The summed E-state index contributed by atoms with van der Waals surface area (Å²) in [5.41, 5.74) is 3.04. The molecule has 0 aromatic heterocycles. The quantitative estimate of drug-likeness (QED) is 0.606. The van der Waals surface area contributed by atoms with Gasteiger partial charge in [-0.05, 0) is 52.5 Å². The van der Waals surface area contributed by atoms with E-state index in [-0.39, 0.29) is 5.78 Å². The van der Waals surface area contributed by atoms with E-state index in [0.717, 1.165) is 30.4 Å². The third kappa shape index (κ3) is 3.12. The van der Waals surface area contributed by atoms with Crippen LogP contribution in [0.4, 0.5) is 0 Å². The zero-order chi connectivity index (χ0) is 14.7. The highest BCUT2D eigenvalue weighted by molar-refractivity contribution is 6.09. The molecule has 0 atom stereocenters. The summed E-state index contributed by atoms with van der Waals surface area (Å²) in [7, 11) is 0. The molecule has 108 valence electrons. The maximum atomic E-state index is 12.7. The van der Waals surface area contributed by atoms with Crippen molar-refractivity contribution >= 4 is 5.78 Å². The lowest BCUT2D eigenvalue weighted by atomic mass is 10.0. The summed E-state index contributed by atoms with van der Waals surface area (Å²) >= 11 is 0. The van der Waals surface area contributed by atoms with Gasteiger partial charge in [0.15, 0.2) is 5.78 Å². The summed E-state index contributed by atoms with van der Waals surface area (Å²) in [6, 6.07) is 8.85. The monoisotopic (exact) mass is 271 g/mol. The van der Waals surface area contributed by atoms with Crippen LogP contribution in [0.1, 0.15) is 56.5 Å². The van der Waals surface area contributed by atoms with Crippen molar-refractivity contribution in [3.63, 3.8) is 0 Å². The predicted octanol–water partition coefficient (Wildman–Crippen LogP) is 4.21. The molecule has 0 unspecified atom stereocenters. The Morgan fingerprint density at radius 2 is 1.70 bits per heavy atom. The first-order valence-electron chi connectivity index (χ1n) is 7.61. The van der Waals surface area contributed by atoms with E-state index in [0.29, 0.717) is 12.1 Å². The Labute approximate surface area is 122 Å². The Balaban J connectivity index is 2.36. The number of hydrogen-bond donors (Lipinski definition) is 0. The van der Waals surface area contributed by atoms with Gasteiger partial charge in [0.05, 0.1) is 0 Å². The van der Waals surface area contributed by atoms with Gasteiger partial charge in [-0.15, -0.1) is 0 Å². The lowest BCUT2D eigenvalue weighted by molar-refractivity contribution is 0.102. The zero-order valence-corrected chi connectivity index (χ0v) is 13.0. The number of aryl methyl sites for hydroxylation is 1. The molecule has 1 aromatic carbocycles. The van der Waals surface area contributed by atoms with E-state index in [1.807, 2.05) is 18.2 Å². The standard InChI is InChI=1S/C18H25NO/c1-13(2)19(14(3)4)12-16-10-7-9-15-8-5-6-11-17(15)18(16)20/h5-6,8,11-14H,7,9-10H2,1-4H3/b16-12+. The average molecular weight is 271 g/mol. The molecular weight excluding hydrogens is 246 g/mol. The minimum absolute atomic E-state index is 0.212. The fourth-order valence-electron chi connectivity index (χ4n) is 2.91. The highest BCUT2D eigenvalue weighted by Crippen LogP contribution is 2.25. The van der Waals surface area contributed by atoms with Gasteiger partial charge in [0.1, 0.15) is 0 Å². The number of benzene rings is 1. The first-order chi connectivity index (χ1) is 9.50. The van der Waals surface area contributed by atoms with E-state index in [1.165, 1.54) is 5.56 Å². The summed E-state index contributed by atoms with van der Waals surface area (Å²) in [5, 5.41) is 0. The Morgan fingerprint density at radius 3 is 2.35 bits per heavy atom. The van der Waals surface area contributed by atoms with Gasteiger partial charge in [-0.3, -0.25) is 4.79 Å². The maximum absolute atomic E-state index is 12.7. The summed E-state index contributed by atoms with van der Waals surface area (Å²) < 4.78 is 0. The number of Topliss-reactive ketones (excluding diaryl/α,β-unsaturated/α-hetero) is 1. The largest absolute Gasteiger partial charge is 0.372 e. The topological polar surface area (TPSA) is 20.3 Å². The van der Waals surface area contributed by atoms with Crippen molar-refractivity contribution in [2.45, 2.75) is 59.0 Å². The molecular formula is C18H25NO. The van der Waals surface area contributed by atoms with Gasteiger partial charge in [-0.2, -0.15) is 0 Å². The number of allylic oxidation sites excluding steroid dienone is 1. The molecule has 2 heteroatoms. The fraction of sp³-hybridized carbons (Fsp3) is 0.500. The SMILES string of the molecule is CC(C)N(/C=C1\CCCc2ccccc2C1=O)C(C)C. The zero-order valence-electron chi connectivity index (χ0n) is 13.0. The first-order valence-corrected chi connectivity index (χ1v) is 7.61. The molecule has 0 saturated carbocycles. The molecule has 0 bridgehead atoms. The first kappa shape index (κ1) is 14.8. The number of rotatable bonds is 3. The molecule has 0 saturated heterocycles. The van der Waals surface area contributed by atoms with Crippen molar-refractivity contribution in [1.82, 2.24) is 4.90 Å². The van der Waals surface area contributed by atoms with Crippen LogP contribution < -0.4 is 0 Å². The summed E-state index contributed by atoms with van der Waals surface area (Å²) in [5.74, 6) is 0.212. The van der Waals surface area contributed by atoms with Crippen LogP contribution in [0.5, 0.6) is 0 Å². The summed E-state index contributed by atoms with van der Waals surface area (Å²) in [4.78, 5) is 15.0. The number of ketones is 1. The van der Waals surface area contributed by atoms with Crippen LogP contribution in [0.2, 0.25) is 0 Å². The van der Waals surface area contributed by atoms with Crippen molar-refractivity contribution < 1.29 is 4.79 Å². The number of hydrogen-bond acceptors (Lipinski definition) is 2. The number of carbonyl (C=O) groups is 1. The number of carbonyl (C=O) groups excluding carboxylic acids is 1. The molecule has 2 rings (SSSR count). The van der Waals surface area contributed by atoms with Crippen molar-refractivity contribution in [1.29, 1.82) is 0 Å². The molecule has 1 aliphatic carbocycles. The second-order valence-corrected chi connectivity index (χ2v) is 6.13. The summed E-state index contributed by atoms with van der Waals surface area (Å²) in [6.45, 7) is 8.69. The summed E-state index contributed by atoms with van der Waals surface area (Å²) in [6.07, 6.45) is 5.03. The predicted molar refractivity (Wildman–Crippen MR) is 83.9 cm³/mol. The van der Waals surface area contributed by atoms with Gasteiger partial charge >= 0.3 is 0 Å². The van der Waals surface area contributed by atoms with E-state index in [1.54, 1.807) is 0 Å². The maximum Gasteiger partial charge on any atom is 0.190 e. The molecule has 0 fully saturated rings. The van der Waals surface area contributed by atoms with Gasteiger partial charge in [0, 0.05) is 29.4 Å². The van der Waals surface area contributed by atoms with E-state index >= 15 is 0 Å². The van der Waals surface area contributed by atoms with Gasteiger partial charge < -0.3 is 4.90 Å². The van der Waals surface area contributed by atoms with Crippen molar-refractivity contribution in [2.24, 2.45) is 0 Å². The second-order valence-electron chi connectivity index (χ2n) is 6.13. The van der Waals surface area contributed by atoms with Crippen LogP contribution in [0.15, 0.2) is 36.0 Å². The third-order valence-electron chi connectivity index (χ3n) is 3.94. The molecule has 1 aliphatic rings. The molecule has 0 heterocycles. The highest BCUT2D eigenvalue weighted by Gasteiger charge is 2.21. The second kappa shape index (κ2) is 6.25. The van der Waals surface area contributed by atoms with Crippen LogP contribution in [0.25, 0.3) is 0 Å². The third-order valence-corrected chi connectivity index (χ3v) is 3.94. The van der Waals surface area contributed by atoms with Crippen LogP contribution in [0.3, 0.4) is 0 Å². The molecule has 1 aromatic rings. The molecule has 0 N–H and O–H groups in total. The van der Waals surface area contributed by atoms with Crippen molar-refractivity contribution in [3.05, 3.63) is 47.2 Å². The van der Waals surface area contributed by atoms with Crippen molar-refractivity contribution in [2.75, 3.05) is 0 Å².